The van der Waals surface area contributed by atoms with E-state index in [0.717, 1.165) is 25.8 Å². The summed E-state index contributed by atoms with van der Waals surface area (Å²) in [4.78, 5) is 14.9. The SMILES string of the molecule is CC[C@]12CCCN3CC[C@]4(c5ccccc5N[C@H]4[C@H](C(=O)O)C1)[C@@H]32. The van der Waals surface area contributed by atoms with Gasteiger partial charge >= 0.3 is 5.97 Å². The molecule has 5 atom stereocenters. The van der Waals surface area contributed by atoms with Crippen molar-refractivity contribution >= 4 is 11.7 Å². The lowest BCUT2D eigenvalue weighted by Crippen LogP contribution is -2.67. The number of nitrogens with zero attached hydrogens (tertiary/aromatic N) is 1. The van der Waals surface area contributed by atoms with Crippen molar-refractivity contribution in [1.82, 2.24) is 4.90 Å². The molecule has 4 heteroatoms. The fraction of sp³-hybridized carbons (Fsp3) is 0.650. The minimum Gasteiger partial charge on any atom is -0.481 e. The van der Waals surface area contributed by atoms with Crippen LogP contribution in [-0.4, -0.2) is 41.1 Å². The summed E-state index contributed by atoms with van der Waals surface area (Å²) in [5.41, 5.74) is 2.70. The Balaban J connectivity index is 1.75. The molecule has 3 heterocycles. The van der Waals surface area contributed by atoms with Gasteiger partial charge in [-0.25, -0.2) is 0 Å². The van der Waals surface area contributed by atoms with Crippen LogP contribution in [0.1, 0.15) is 44.6 Å². The summed E-state index contributed by atoms with van der Waals surface area (Å²) in [6.07, 6.45) is 5.41. The molecule has 2 N–H and O–H groups in total. The minimum atomic E-state index is -0.616. The van der Waals surface area contributed by atoms with Gasteiger partial charge in [0.2, 0.25) is 0 Å². The first kappa shape index (κ1) is 14.8. The van der Waals surface area contributed by atoms with Gasteiger partial charge in [-0.15, -0.1) is 0 Å². The molecule has 0 aromatic heterocycles. The number of hydrogen-bond acceptors (Lipinski definition) is 3. The number of aliphatic carboxylic acids is 1. The summed E-state index contributed by atoms with van der Waals surface area (Å²) in [5.74, 6) is -0.901. The first-order valence-electron chi connectivity index (χ1n) is 9.45. The zero-order chi connectivity index (χ0) is 16.5. The van der Waals surface area contributed by atoms with Crippen molar-refractivity contribution in [3.05, 3.63) is 29.8 Å². The lowest BCUT2D eigenvalue weighted by molar-refractivity contribution is -0.150. The van der Waals surface area contributed by atoms with Crippen LogP contribution in [0.2, 0.25) is 0 Å². The maximum Gasteiger partial charge on any atom is 0.308 e. The Bertz CT molecular complexity index is 705. The maximum absolute atomic E-state index is 12.2. The second-order valence-electron chi connectivity index (χ2n) is 8.36. The number of carbonyl (C=O) groups is 1. The molecule has 2 saturated heterocycles. The number of para-hydroxylation sites is 1. The number of piperidine rings is 1. The molecule has 3 aliphatic heterocycles. The average Bonchev–Trinajstić information content (AvgIpc) is 3.15. The third-order valence-electron chi connectivity index (χ3n) is 7.71. The zero-order valence-corrected chi connectivity index (χ0v) is 14.3. The number of carboxylic acids is 1. The van der Waals surface area contributed by atoms with Crippen LogP contribution < -0.4 is 5.32 Å². The summed E-state index contributed by atoms with van der Waals surface area (Å²) >= 11 is 0. The molecule has 24 heavy (non-hydrogen) atoms. The van der Waals surface area contributed by atoms with Crippen LogP contribution in [0, 0.1) is 11.3 Å². The van der Waals surface area contributed by atoms with Crippen LogP contribution in [0.15, 0.2) is 24.3 Å². The molecule has 128 valence electrons. The standard InChI is InChI=1S/C20H26N2O2/c1-2-19-8-5-10-22-11-9-20(18(19)22)14-6-3-4-7-15(14)21-16(20)13(12-19)17(23)24/h3-4,6-7,13,16,18,21H,2,5,8-12H2,1H3,(H,23,24)/t13-,16+,18+,19+,20-/m1/s1. The molecule has 0 radical (unpaired) electrons. The zero-order valence-electron chi connectivity index (χ0n) is 14.3. The van der Waals surface area contributed by atoms with Gasteiger partial charge in [0.1, 0.15) is 0 Å². The third kappa shape index (κ3) is 1.56. The van der Waals surface area contributed by atoms with E-state index >= 15 is 0 Å². The van der Waals surface area contributed by atoms with Gasteiger partial charge in [0.05, 0.1) is 12.0 Å². The summed E-state index contributed by atoms with van der Waals surface area (Å²) in [6.45, 7) is 4.58. The van der Waals surface area contributed by atoms with Gasteiger partial charge in [0, 0.05) is 17.1 Å². The Morgan fingerprint density at radius 3 is 2.96 bits per heavy atom. The largest absolute Gasteiger partial charge is 0.481 e. The quantitative estimate of drug-likeness (QED) is 0.877. The smallest absolute Gasteiger partial charge is 0.308 e. The van der Waals surface area contributed by atoms with Gasteiger partial charge in [-0.1, -0.05) is 25.1 Å². The highest BCUT2D eigenvalue weighted by molar-refractivity contribution is 5.76. The van der Waals surface area contributed by atoms with E-state index in [1.807, 2.05) is 0 Å². The Morgan fingerprint density at radius 1 is 1.33 bits per heavy atom. The molecule has 0 bridgehead atoms. The van der Waals surface area contributed by atoms with Crippen molar-refractivity contribution in [3.8, 4) is 0 Å². The van der Waals surface area contributed by atoms with Crippen LogP contribution in [0.5, 0.6) is 0 Å². The lowest BCUT2D eigenvalue weighted by Gasteiger charge is -2.59. The fourth-order valence-electron chi connectivity index (χ4n) is 6.93. The Kier molecular flexibility index (Phi) is 2.92. The molecular formula is C20H26N2O2. The lowest BCUT2D eigenvalue weighted by atomic mass is 9.49. The predicted octanol–water partition coefficient (Wildman–Crippen LogP) is 3.09. The van der Waals surface area contributed by atoms with E-state index in [-0.39, 0.29) is 22.8 Å². The summed E-state index contributed by atoms with van der Waals surface area (Å²) in [6, 6.07) is 9.13. The minimum absolute atomic E-state index is 0.0195. The predicted molar refractivity (Wildman–Crippen MR) is 93.2 cm³/mol. The molecule has 0 amide bonds. The van der Waals surface area contributed by atoms with Crippen LogP contribution in [0.25, 0.3) is 0 Å². The first-order chi connectivity index (χ1) is 11.6. The molecular weight excluding hydrogens is 300 g/mol. The highest BCUT2D eigenvalue weighted by Gasteiger charge is 2.69. The molecule has 1 saturated carbocycles. The Hall–Kier alpha value is -1.55. The van der Waals surface area contributed by atoms with Crippen molar-refractivity contribution in [2.24, 2.45) is 11.3 Å². The first-order valence-corrected chi connectivity index (χ1v) is 9.45. The van der Waals surface area contributed by atoms with E-state index in [0.29, 0.717) is 6.04 Å². The molecule has 0 unspecified atom stereocenters. The van der Waals surface area contributed by atoms with Gasteiger partial charge in [-0.2, -0.15) is 0 Å². The molecule has 4 aliphatic rings. The fourth-order valence-corrected chi connectivity index (χ4v) is 6.93. The second-order valence-corrected chi connectivity index (χ2v) is 8.36. The van der Waals surface area contributed by atoms with E-state index in [1.54, 1.807) is 0 Å². The van der Waals surface area contributed by atoms with E-state index in [4.69, 9.17) is 0 Å². The molecule has 1 aliphatic carbocycles. The van der Waals surface area contributed by atoms with Crippen LogP contribution in [-0.2, 0) is 10.2 Å². The van der Waals surface area contributed by atoms with E-state index in [1.165, 1.54) is 30.6 Å². The monoisotopic (exact) mass is 326 g/mol. The molecule has 1 aromatic carbocycles. The number of nitrogens with one attached hydrogen (secondary N) is 1. The highest BCUT2D eigenvalue weighted by atomic mass is 16.4. The van der Waals surface area contributed by atoms with Crippen molar-refractivity contribution in [1.29, 1.82) is 0 Å². The summed E-state index contributed by atoms with van der Waals surface area (Å²) < 4.78 is 0. The number of hydrogen-bond donors (Lipinski definition) is 2. The van der Waals surface area contributed by atoms with Gasteiger partial charge in [0.15, 0.2) is 0 Å². The van der Waals surface area contributed by atoms with Crippen molar-refractivity contribution in [2.75, 3.05) is 18.4 Å². The van der Waals surface area contributed by atoms with Gasteiger partial charge in [-0.3, -0.25) is 9.69 Å². The van der Waals surface area contributed by atoms with Crippen molar-refractivity contribution in [3.63, 3.8) is 0 Å². The highest BCUT2D eigenvalue weighted by Crippen LogP contribution is 2.65. The van der Waals surface area contributed by atoms with Crippen LogP contribution >= 0.6 is 0 Å². The van der Waals surface area contributed by atoms with Crippen LogP contribution in [0.3, 0.4) is 0 Å². The van der Waals surface area contributed by atoms with Gasteiger partial charge in [0.25, 0.3) is 0 Å². The molecule has 3 fully saturated rings. The number of benzene rings is 1. The topological polar surface area (TPSA) is 52.6 Å². The van der Waals surface area contributed by atoms with Gasteiger partial charge < -0.3 is 10.4 Å². The number of fused-ring (bicyclic) bond motifs is 1. The maximum atomic E-state index is 12.2. The molecule has 1 spiro atoms. The van der Waals surface area contributed by atoms with E-state index in [2.05, 4.69) is 41.4 Å². The van der Waals surface area contributed by atoms with Crippen LogP contribution in [0.4, 0.5) is 5.69 Å². The second kappa shape index (κ2) is 4.75. The van der Waals surface area contributed by atoms with E-state index < -0.39 is 5.97 Å². The number of rotatable bonds is 2. The number of carboxylic acid groups (broad SMARTS) is 1. The summed E-state index contributed by atoms with van der Waals surface area (Å²) in [5, 5.41) is 13.7. The molecule has 5 rings (SSSR count). The summed E-state index contributed by atoms with van der Waals surface area (Å²) in [7, 11) is 0. The number of anilines is 1. The Labute approximate surface area is 143 Å². The normalized spacial score (nSPS) is 42.8. The van der Waals surface area contributed by atoms with Crippen molar-refractivity contribution < 1.29 is 9.90 Å². The van der Waals surface area contributed by atoms with Crippen molar-refractivity contribution in [2.45, 2.75) is 56.5 Å². The average molecular weight is 326 g/mol. The van der Waals surface area contributed by atoms with E-state index in [9.17, 15) is 9.90 Å². The molecule has 1 aromatic rings. The molecule has 4 nitrogen and oxygen atoms in total. The Morgan fingerprint density at radius 2 is 2.17 bits per heavy atom. The third-order valence-corrected chi connectivity index (χ3v) is 7.71. The van der Waals surface area contributed by atoms with Gasteiger partial charge in [-0.05, 0) is 62.2 Å².